The maximum Gasteiger partial charge on any atom is 0.309 e. The van der Waals surface area contributed by atoms with Gasteiger partial charge in [0.1, 0.15) is 17.7 Å². The highest BCUT2D eigenvalue weighted by Gasteiger charge is 2.30. The number of fused-ring (bicyclic) bond motifs is 1. The molecule has 2 atom stereocenters. The summed E-state index contributed by atoms with van der Waals surface area (Å²) in [6, 6.07) is 12.2. The molecule has 2 heterocycles. The van der Waals surface area contributed by atoms with Crippen molar-refractivity contribution < 1.29 is 23.8 Å². The van der Waals surface area contributed by atoms with E-state index in [1.54, 1.807) is 19.2 Å². The number of aromatic nitrogens is 1. The molecule has 6 heteroatoms. The maximum atomic E-state index is 13.7. The van der Waals surface area contributed by atoms with Crippen LogP contribution >= 0.6 is 0 Å². The lowest BCUT2D eigenvalue weighted by Crippen LogP contribution is -2.31. The van der Waals surface area contributed by atoms with Crippen LogP contribution in [0.15, 0.2) is 48.5 Å². The monoisotopic (exact) mass is 433 g/mol. The molecule has 0 unspecified atom stereocenters. The van der Waals surface area contributed by atoms with Crippen LogP contribution in [0.5, 0.6) is 5.75 Å². The van der Waals surface area contributed by atoms with Crippen molar-refractivity contribution in [3.63, 3.8) is 0 Å². The van der Waals surface area contributed by atoms with Crippen LogP contribution in [0, 0.1) is 5.82 Å². The number of carbonyl (C=O) groups excluding carboxylic acids is 1. The van der Waals surface area contributed by atoms with Gasteiger partial charge in [0.05, 0.1) is 30.8 Å². The summed E-state index contributed by atoms with van der Waals surface area (Å²) >= 11 is 0. The Bertz CT molecular complexity index is 1200. The van der Waals surface area contributed by atoms with E-state index in [9.17, 15) is 14.3 Å². The molecule has 2 fully saturated rings. The molecule has 5 rings (SSSR count). The first-order chi connectivity index (χ1) is 15.5. The van der Waals surface area contributed by atoms with Crippen molar-refractivity contribution in [2.24, 2.45) is 0 Å². The van der Waals surface area contributed by atoms with Gasteiger partial charge in [-0.2, -0.15) is 0 Å². The van der Waals surface area contributed by atoms with Gasteiger partial charge < -0.3 is 14.6 Å². The largest absolute Gasteiger partial charge is 0.497 e. The van der Waals surface area contributed by atoms with Crippen molar-refractivity contribution in [3.8, 4) is 16.9 Å². The molecule has 164 valence electrons. The average molecular weight is 433 g/mol. The van der Waals surface area contributed by atoms with Gasteiger partial charge in [-0.25, -0.2) is 4.39 Å². The summed E-state index contributed by atoms with van der Waals surface area (Å²) in [5.41, 5.74) is 4.57. The highest BCUT2D eigenvalue weighted by molar-refractivity contribution is 6.00. The standard InChI is InChI=1S/C26H24FNO4/c1-31-19-9-11-23-22(14-19)25(15-4-6-17(27)7-5-15)21(26(28-23)16-2-3-16)10-8-20-12-18(29)13-24(30)32-20/h4-11,14,16,18,20,29H,2-3,12-13H2,1H3/t18-,20-/m1/s1. The Morgan fingerprint density at radius 2 is 1.97 bits per heavy atom. The Labute approximate surface area is 185 Å². The number of rotatable bonds is 5. The first-order valence-electron chi connectivity index (χ1n) is 10.8. The number of hydrogen-bond acceptors (Lipinski definition) is 5. The van der Waals surface area contributed by atoms with Gasteiger partial charge in [-0.1, -0.05) is 18.2 Å². The molecule has 2 aliphatic rings. The van der Waals surface area contributed by atoms with Crippen LogP contribution in [-0.4, -0.2) is 35.4 Å². The van der Waals surface area contributed by atoms with Crippen LogP contribution in [0.25, 0.3) is 28.1 Å². The molecule has 1 saturated carbocycles. The van der Waals surface area contributed by atoms with E-state index >= 15 is 0 Å². The number of aliphatic hydroxyl groups excluding tert-OH is 1. The van der Waals surface area contributed by atoms with Gasteiger partial charge in [0.25, 0.3) is 0 Å². The third-order valence-corrected chi connectivity index (χ3v) is 6.02. The maximum absolute atomic E-state index is 13.7. The lowest BCUT2D eigenvalue weighted by Gasteiger charge is -2.23. The van der Waals surface area contributed by atoms with Crippen molar-refractivity contribution in [2.45, 2.75) is 43.8 Å². The number of nitrogens with zero attached hydrogens (tertiary/aromatic N) is 1. The Hall–Kier alpha value is -3.25. The predicted octanol–water partition coefficient (Wildman–Crippen LogP) is 5.01. The Morgan fingerprint density at radius 1 is 1.19 bits per heavy atom. The molecule has 1 aliphatic heterocycles. The molecule has 2 aromatic carbocycles. The van der Waals surface area contributed by atoms with Gasteiger partial charge in [-0.05, 0) is 54.8 Å². The summed E-state index contributed by atoms with van der Waals surface area (Å²) in [7, 11) is 1.62. The quantitative estimate of drug-likeness (QED) is 0.573. The predicted molar refractivity (Wildman–Crippen MR) is 120 cm³/mol. The van der Waals surface area contributed by atoms with Crippen molar-refractivity contribution in [1.29, 1.82) is 0 Å². The summed E-state index contributed by atoms with van der Waals surface area (Å²) in [4.78, 5) is 16.7. The molecule has 0 bridgehead atoms. The summed E-state index contributed by atoms with van der Waals surface area (Å²) in [5.74, 6) is 0.370. The molecular weight excluding hydrogens is 409 g/mol. The summed E-state index contributed by atoms with van der Waals surface area (Å²) in [6.45, 7) is 0. The second-order valence-corrected chi connectivity index (χ2v) is 8.43. The van der Waals surface area contributed by atoms with Crippen LogP contribution in [0.3, 0.4) is 0 Å². The third-order valence-electron chi connectivity index (χ3n) is 6.02. The van der Waals surface area contributed by atoms with Gasteiger partial charge >= 0.3 is 5.97 Å². The van der Waals surface area contributed by atoms with Crippen LogP contribution in [0.4, 0.5) is 4.39 Å². The average Bonchev–Trinajstić information content (AvgIpc) is 3.62. The first kappa shape index (κ1) is 20.6. The molecule has 3 aromatic rings. The number of aliphatic hydroxyl groups is 1. The SMILES string of the molecule is COc1ccc2nc(C3CC3)c(C=C[C@@H]3C[C@@H](O)CC(=O)O3)c(-c3ccc(F)cc3)c2c1. The number of pyridine rings is 1. The van der Waals surface area contributed by atoms with Gasteiger partial charge in [0.15, 0.2) is 0 Å². The Balaban J connectivity index is 1.71. The van der Waals surface area contributed by atoms with E-state index in [4.69, 9.17) is 14.5 Å². The second kappa shape index (κ2) is 8.36. The molecule has 0 amide bonds. The molecule has 1 N–H and O–H groups in total. The van der Waals surface area contributed by atoms with Gasteiger partial charge in [0, 0.05) is 28.9 Å². The van der Waals surface area contributed by atoms with Crippen molar-refractivity contribution in [1.82, 2.24) is 4.98 Å². The van der Waals surface area contributed by atoms with E-state index in [2.05, 4.69) is 0 Å². The lowest BCUT2D eigenvalue weighted by atomic mass is 9.91. The number of cyclic esters (lactones) is 1. The van der Waals surface area contributed by atoms with E-state index in [0.29, 0.717) is 18.1 Å². The number of esters is 1. The second-order valence-electron chi connectivity index (χ2n) is 8.43. The third kappa shape index (κ3) is 4.10. The topological polar surface area (TPSA) is 68.7 Å². The minimum absolute atomic E-state index is 0.0236. The van der Waals surface area contributed by atoms with Gasteiger partial charge in [-0.3, -0.25) is 9.78 Å². The van der Waals surface area contributed by atoms with E-state index in [1.807, 2.05) is 30.4 Å². The fourth-order valence-electron chi connectivity index (χ4n) is 4.30. The number of ether oxygens (including phenoxy) is 2. The molecule has 1 aromatic heterocycles. The van der Waals surface area contributed by atoms with Crippen LogP contribution in [0.1, 0.15) is 42.9 Å². The molecule has 1 saturated heterocycles. The molecule has 1 aliphatic carbocycles. The number of hydrogen-bond donors (Lipinski definition) is 1. The van der Waals surface area contributed by atoms with Crippen molar-refractivity contribution >= 4 is 22.9 Å². The molecule has 0 spiro atoms. The van der Waals surface area contributed by atoms with E-state index in [0.717, 1.165) is 46.1 Å². The highest BCUT2D eigenvalue weighted by atomic mass is 19.1. The molecule has 0 radical (unpaired) electrons. The smallest absolute Gasteiger partial charge is 0.309 e. The normalized spacial score (nSPS) is 21.2. The zero-order valence-corrected chi connectivity index (χ0v) is 17.8. The van der Waals surface area contributed by atoms with Crippen LogP contribution in [0.2, 0.25) is 0 Å². The fourth-order valence-corrected chi connectivity index (χ4v) is 4.30. The van der Waals surface area contributed by atoms with Crippen LogP contribution in [-0.2, 0) is 9.53 Å². The Kier molecular flexibility index (Phi) is 5.39. The zero-order valence-electron chi connectivity index (χ0n) is 17.8. The van der Waals surface area contributed by atoms with E-state index in [-0.39, 0.29) is 12.2 Å². The van der Waals surface area contributed by atoms with Crippen molar-refractivity contribution in [2.75, 3.05) is 7.11 Å². The first-order valence-corrected chi connectivity index (χ1v) is 10.8. The van der Waals surface area contributed by atoms with Gasteiger partial charge in [-0.15, -0.1) is 0 Å². The number of benzene rings is 2. The molecular formula is C26H24FNO4. The molecule has 5 nitrogen and oxygen atoms in total. The minimum Gasteiger partial charge on any atom is -0.497 e. The molecule has 32 heavy (non-hydrogen) atoms. The zero-order chi connectivity index (χ0) is 22.2. The highest BCUT2D eigenvalue weighted by Crippen LogP contribution is 2.46. The summed E-state index contributed by atoms with van der Waals surface area (Å²) in [6.07, 6.45) is 5.07. The van der Waals surface area contributed by atoms with Crippen LogP contribution < -0.4 is 4.74 Å². The number of halogens is 1. The van der Waals surface area contributed by atoms with E-state index in [1.165, 1.54) is 12.1 Å². The summed E-state index contributed by atoms with van der Waals surface area (Å²) < 4.78 is 24.6. The van der Waals surface area contributed by atoms with Gasteiger partial charge in [0.2, 0.25) is 0 Å². The number of methoxy groups -OCH3 is 1. The Morgan fingerprint density at radius 3 is 2.66 bits per heavy atom. The minimum atomic E-state index is -0.704. The summed E-state index contributed by atoms with van der Waals surface area (Å²) in [5, 5.41) is 10.9. The fraction of sp³-hybridized carbons (Fsp3) is 0.308. The van der Waals surface area contributed by atoms with Crippen molar-refractivity contribution in [3.05, 3.63) is 65.6 Å². The number of carbonyl (C=O) groups is 1. The lowest BCUT2D eigenvalue weighted by molar-refractivity contribution is -0.156. The van der Waals surface area contributed by atoms with E-state index < -0.39 is 18.2 Å².